The van der Waals surface area contributed by atoms with Crippen LogP contribution in [-0.2, 0) is 0 Å². The van der Waals surface area contributed by atoms with Gasteiger partial charge in [0.05, 0.1) is 0 Å². The number of aromatic nitrogens is 2. The summed E-state index contributed by atoms with van der Waals surface area (Å²) in [5, 5.41) is 17.8. The van der Waals surface area contributed by atoms with Crippen molar-refractivity contribution in [1.29, 1.82) is 0 Å². The maximum Gasteiger partial charge on any atom is 0.269 e. The average molecular weight is 226 g/mol. The molecule has 0 aliphatic carbocycles. The van der Waals surface area contributed by atoms with Crippen molar-refractivity contribution in [3.05, 3.63) is 11.8 Å². The quantitative estimate of drug-likeness (QED) is 0.517. The Labute approximate surface area is 94.2 Å². The highest BCUT2D eigenvalue weighted by atomic mass is 16.3. The van der Waals surface area contributed by atoms with Crippen molar-refractivity contribution >= 4 is 11.7 Å². The molecule has 6 heteroatoms. The summed E-state index contributed by atoms with van der Waals surface area (Å²) in [7, 11) is 0. The predicted molar refractivity (Wildman–Crippen MR) is 60.8 cm³/mol. The monoisotopic (exact) mass is 226 g/mol. The minimum absolute atomic E-state index is 0.186. The van der Waals surface area contributed by atoms with Crippen molar-refractivity contribution in [3.63, 3.8) is 0 Å². The standard InChI is InChI=1S/C10H18N4O2/c1-7(6-15)3-2-4-12-10(16)8-5-9(11)14-13-8/h5,7,15H,2-4,6H2,1H3,(H,12,16)(H3,11,13,14). The van der Waals surface area contributed by atoms with Crippen molar-refractivity contribution in [2.24, 2.45) is 5.92 Å². The number of H-pyrrole nitrogens is 1. The molecule has 0 saturated carbocycles. The van der Waals surface area contributed by atoms with Crippen molar-refractivity contribution in [2.45, 2.75) is 19.8 Å². The third-order valence-electron chi connectivity index (χ3n) is 2.31. The van der Waals surface area contributed by atoms with Crippen LogP contribution in [0.5, 0.6) is 0 Å². The van der Waals surface area contributed by atoms with Gasteiger partial charge in [0.25, 0.3) is 5.91 Å². The summed E-state index contributed by atoms with van der Waals surface area (Å²) >= 11 is 0. The molecule has 0 aromatic carbocycles. The lowest BCUT2D eigenvalue weighted by Gasteiger charge is -2.07. The van der Waals surface area contributed by atoms with Crippen LogP contribution in [0.1, 0.15) is 30.3 Å². The fourth-order valence-corrected chi connectivity index (χ4v) is 1.29. The zero-order chi connectivity index (χ0) is 12.0. The van der Waals surface area contributed by atoms with Crippen LogP contribution in [0.4, 0.5) is 5.82 Å². The summed E-state index contributed by atoms with van der Waals surface area (Å²) in [6, 6.07) is 1.49. The topological polar surface area (TPSA) is 104 Å². The van der Waals surface area contributed by atoms with Gasteiger partial charge in [-0.05, 0) is 18.8 Å². The van der Waals surface area contributed by atoms with Gasteiger partial charge in [0.2, 0.25) is 0 Å². The molecule has 1 atom stereocenters. The molecular formula is C10H18N4O2. The third-order valence-corrected chi connectivity index (χ3v) is 2.31. The number of hydrogen-bond acceptors (Lipinski definition) is 4. The minimum Gasteiger partial charge on any atom is -0.396 e. The van der Waals surface area contributed by atoms with E-state index in [4.69, 9.17) is 10.8 Å². The Bertz CT molecular complexity index is 337. The van der Waals surface area contributed by atoms with E-state index in [2.05, 4.69) is 15.5 Å². The molecule has 1 aromatic heterocycles. The SMILES string of the molecule is CC(CO)CCCNC(=O)c1cc(N)n[nH]1. The molecule has 1 unspecified atom stereocenters. The summed E-state index contributed by atoms with van der Waals surface area (Å²) in [5.41, 5.74) is 5.75. The highest BCUT2D eigenvalue weighted by Gasteiger charge is 2.07. The van der Waals surface area contributed by atoms with Gasteiger partial charge in [0.1, 0.15) is 11.5 Å². The first-order chi connectivity index (χ1) is 7.63. The molecule has 6 nitrogen and oxygen atoms in total. The normalized spacial score (nSPS) is 12.4. The number of anilines is 1. The van der Waals surface area contributed by atoms with Crippen LogP contribution in [0.25, 0.3) is 0 Å². The molecule has 0 bridgehead atoms. The fraction of sp³-hybridized carbons (Fsp3) is 0.600. The van der Waals surface area contributed by atoms with Gasteiger partial charge in [-0.1, -0.05) is 6.92 Å². The third kappa shape index (κ3) is 3.90. The second-order valence-electron chi connectivity index (χ2n) is 3.89. The number of nitrogens with zero attached hydrogens (tertiary/aromatic N) is 1. The van der Waals surface area contributed by atoms with Crippen LogP contribution in [0.2, 0.25) is 0 Å². The number of nitrogens with one attached hydrogen (secondary N) is 2. The lowest BCUT2D eigenvalue weighted by molar-refractivity contribution is 0.0947. The molecular weight excluding hydrogens is 208 g/mol. The van der Waals surface area contributed by atoms with Gasteiger partial charge in [-0.3, -0.25) is 9.89 Å². The fourth-order valence-electron chi connectivity index (χ4n) is 1.29. The zero-order valence-corrected chi connectivity index (χ0v) is 9.36. The van der Waals surface area contributed by atoms with Gasteiger partial charge in [-0.15, -0.1) is 0 Å². The molecule has 16 heavy (non-hydrogen) atoms. The number of carbonyl (C=O) groups is 1. The van der Waals surface area contributed by atoms with Gasteiger partial charge in [0, 0.05) is 19.2 Å². The number of nitrogen functional groups attached to an aromatic ring is 1. The molecule has 90 valence electrons. The number of aliphatic hydroxyl groups excluding tert-OH is 1. The van der Waals surface area contributed by atoms with Gasteiger partial charge < -0.3 is 16.2 Å². The predicted octanol–water partition coefficient (Wildman–Crippen LogP) is 0.130. The molecule has 1 aromatic rings. The van der Waals surface area contributed by atoms with Crippen LogP contribution in [0.15, 0.2) is 6.07 Å². The lowest BCUT2D eigenvalue weighted by atomic mass is 10.1. The largest absolute Gasteiger partial charge is 0.396 e. The van der Waals surface area contributed by atoms with E-state index in [0.29, 0.717) is 18.1 Å². The highest BCUT2D eigenvalue weighted by Crippen LogP contribution is 2.03. The number of rotatable bonds is 6. The van der Waals surface area contributed by atoms with E-state index in [-0.39, 0.29) is 18.4 Å². The Hall–Kier alpha value is -1.56. The van der Waals surface area contributed by atoms with E-state index in [9.17, 15) is 4.79 Å². The first-order valence-electron chi connectivity index (χ1n) is 5.33. The Balaban J connectivity index is 2.21. The molecule has 0 radical (unpaired) electrons. The Morgan fingerprint density at radius 1 is 1.75 bits per heavy atom. The number of amides is 1. The van der Waals surface area contributed by atoms with Crippen LogP contribution < -0.4 is 11.1 Å². The second kappa shape index (κ2) is 6.12. The number of hydrogen-bond donors (Lipinski definition) is 4. The second-order valence-corrected chi connectivity index (χ2v) is 3.89. The number of carbonyl (C=O) groups excluding carboxylic acids is 1. The number of nitrogens with two attached hydrogens (primary N) is 1. The van der Waals surface area contributed by atoms with E-state index >= 15 is 0 Å². The maximum atomic E-state index is 11.5. The molecule has 1 heterocycles. The summed E-state index contributed by atoms with van der Waals surface area (Å²) in [6.45, 7) is 2.74. The van der Waals surface area contributed by atoms with E-state index in [1.54, 1.807) is 0 Å². The van der Waals surface area contributed by atoms with Crippen molar-refractivity contribution in [2.75, 3.05) is 18.9 Å². The van der Waals surface area contributed by atoms with Gasteiger partial charge in [-0.2, -0.15) is 5.10 Å². The molecule has 0 fully saturated rings. The van der Waals surface area contributed by atoms with Crippen molar-refractivity contribution in [1.82, 2.24) is 15.5 Å². The summed E-state index contributed by atoms with van der Waals surface area (Å²) < 4.78 is 0. The molecule has 0 aliphatic heterocycles. The van der Waals surface area contributed by atoms with Crippen molar-refractivity contribution in [3.8, 4) is 0 Å². The first-order valence-corrected chi connectivity index (χ1v) is 5.33. The van der Waals surface area contributed by atoms with Gasteiger partial charge in [0.15, 0.2) is 0 Å². The van der Waals surface area contributed by atoms with Gasteiger partial charge in [-0.25, -0.2) is 0 Å². The van der Waals surface area contributed by atoms with Gasteiger partial charge >= 0.3 is 0 Å². The van der Waals surface area contributed by atoms with E-state index in [1.807, 2.05) is 6.92 Å². The molecule has 1 amide bonds. The Morgan fingerprint density at radius 3 is 3.06 bits per heavy atom. The maximum absolute atomic E-state index is 11.5. The first kappa shape index (κ1) is 12.5. The van der Waals surface area contributed by atoms with Crippen LogP contribution >= 0.6 is 0 Å². The molecule has 5 N–H and O–H groups in total. The van der Waals surface area contributed by atoms with Crippen molar-refractivity contribution < 1.29 is 9.90 Å². The highest BCUT2D eigenvalue weighted by molar-refractivity contribution is 5.92. The molecule has 1 rings (SSSR count). The van der Waals surface area contributed by atoms with Crippen LogP contribution in [0.3, 0.4) is 0 Å². The minimum atomic E-state index is -0.208. The smallest absolute Gasteiger partial charge is 0.269 e. The Morgan fingerprint density at radius 2 is 2.50 bits per heavy atom. The summed E-state index contributed by atoms with van der Waals surface area (Å²) in [4.78, 5) is 11.5. The average Bonchev–Trinajstić information content (AvgIpc) is 2.70. The zero-order valence-electron chi connectivity index (χ0n) is 9.36. The van der Waals surface area contributed by atoms with E-state index < -0.39 is 0 Å². The number of aliphatic hydroxyl groups is 1. The van der Waals surface area contributed by atoms with Crippen LogP contribution in [0, 0.1) is 5.92 Å². The summed E-state index contributed by atoms with van der Waals surface area (Å²) in [6.07, 6.45) is 1.74. The van der Waals surface area contributed by atoms with Crippen LogP contribution in [-0.4, -0.2) is 34.4 Å². The summed E-state index contributed by atoms with van der Waals surface area (Å²) in [5.74, 6) is 0.375. The molecule has 0 saturated heterocycles. The Kier molecular flexibility index (Phi) is 4.78. The molecule has 0 spiro atoms. The molecule has 0 aliphatic rings. The van der Waals surface area contributed by atoms with E-state index in [0.717, 1.165) is 12.8 Å². The lowest BCUT2D eigenvalue weighted by Crippen LogP contribution is -2.25. The number of aromatic amines is 1. The van der Waals surface area contributed by atoms with E-state index in [1.165, 1.54) is 6.07 Å².